The zero-order valence-electron chi connectivity index (χ0n) is 13.4. The Hall–Kier alpha value is -1.35. The van der Waals surface area contributed by atoms with E-state index in [1.54, 1.807) is 6.92 Å². The Morgan fingerprint density at radius 3 is 2.15 bits per heavy atom. The standard InChI is InChI=1S/C17H28N2O/c1-6-11-17(5,18)15(20)19-12-13-7-9-14(10-8-13)16(2,3)4/h7-10H,6,11-12,18H2,1-5H3,(H,19,20). The van der Waals surface area contributed by atoms with Crippen LogP contribution in [-0.2, 0) is 16.8 Å². The molecule has 0 aromatic heterocycles. The van der Waals surface area contributed by atoms with Crippen LogP contribution in [0.5, 0.6) is 0 Å². The third kappa shape index (κ3) is 4.64. The summed E-state index contributed by atoms with van der Waals surface area (Å²) in [4.78, 5) is 12.0. The summed E-state index contributed by atoms with van der Waals surface area (Å²) < 4.78 is 0. The Kier molecular flexibility index (Phi) is 5.35. The second-order valence-electron chi connectivity index (χ2n) is 6.80. The van der Waals surface area contributed by atoms with Crippen LogP contribution in [0.1, 0.15) is 58.6 Å². The van der Waals surface area contributed by atoms with Crippen LogP contribution in [0, 0.1) is 0 Å². The minimum absolute atomic E-state index is 0.0840. The molecular weight excluding hydrogens is 248 g/mol. The van der Waals surface area contributed by atoms with E-state index in [0.29, 0.717) is 13.0 Å². The normalized spacial score (nSPS) is 14.7. The van der Waals surface area contributed by atoms with E-state index >= 15 is 0 Å². The topological polar surface area (TPSA) is 55.1 Å². The second-order valence-corrected chi connectivity index (χ2v) is 6.80. The van der Waals surface area contributed by atoms with E-state index < -0.39 is 5.54 Å². The molecule has 112 valence electrons. The molecule has 0 aliphatic rings. The molecule has 0 saturated carbocycles. The Morgan fingerprint density at radius 1 is 1.15 bits per heavy atom. The van der Waals surface area contributed by atoms with Crippen LogP contribution >= 0.6 is 0 Å². The van der Waals surface area contributed by atoms with Crippen LogP contribution in [0.25, 0.3) is 0 Å². The van der Waals surface area contributed by atoms with Crippen LogP contribution in [0.3, 0.4) is 0 Å². The number of carbonyl (C=O) groups excluding carboxylic acids is 1. The molecule has 3 heteroatoms. The lowest BCUT2D eigenvalue weighted by Gasteiger charge is -2.23. The number of nitrogens with two attached hydrogens (primary N) is 1. The first kappa shape index (κ1) is 16.7. The van der Waals surface area contributed by atoms with Crippen LogP contribution in [0.2, 0.25) is 0 Å². The average Bonchev–Trinajstić information content (AvgIpc) is 2.35. The highest BCUT2D eigenvalue weighted by molar-refractivity contribution is 5.85. The van der Waals surface area contributed by atoms with Gasteiger partial charge >= 0.3 is 0 Å². The predicted octanol–water partition coefficient (Wildman–Crippen LogP) is 3.12. The molecule has 0 aliphatic heterocycles. The van der Waals surface area contributed by atoms with E-state index in [9.17, 15) is 4.79 Å². The molecular formula is C17H28N2O. The van der Waals surface area contributed by atoms with Crippen LogP contribution in [0.15, 0.2) is 24.3 Å². The number of hydrogen-bond donors (Lipinski definition) is 2. The van der Waals surface area contributed by atoms with Gasteiger partial charge in [-0.1, -0.05) is 58.4 Å². The first-order valence-electron chi connectivity index (χ1n) is 7.33. The number of nitrogens with one attached hydrogen (secondary N) is 1. The van der Waals surface area contributed by atoms with Crippen LogP contribution in [-0.4, -0.2) is 11.4 Å². The maximum absolute atomic E-state index is 12.0. The van der Waals surface area contributed by atoms with Crippen molar-refractivity contribution in [3.63, 3.8) is 0 Å². The molecule has 3 nitrogen and oxygen atoms in total. The van der Waals surface area contributed by atoms with Crippen molar-refractivity contribution in [1.29, 1.82) is 0 Å². The van der Waals surface area contributed by atoms with E-state index in [-0.39, 0.29) is 11.3 Å². The Balaban J connectivity index is 2.61. The van der Waals surface area contributed by atoms with Gasteiger partial charge in [-0.15, -0.1) is 0 Å². The highest BCUT2D eigenvalue weighted by atomic mass is 16.2. The lowest BCUT2D eigenvalue weighted by atomic mass is 9.87. The molecule has 0 saturated heterocycles. The molecule has 20 heavy (non-hydrogen) atoms. The predicted molar refractivity (Wildman–Crippen MR) is 84.5 cm³/mol. The van der Waals surface area contributed by atoms with E-state index in [4.69, 9.17) is 5.73 Å². The van der Waals surface area contributed by atoms with Gasteiger partial charge in [0.2, 0.25) is 5.91 Å². The minimum atomic E-state index is -0.778. The molecule has 0 radical (unpaired) electrons. The summed E-state index contributed by atoms with van der Waals surface area (Å²) in [7, 11) is 0. The molecule has 1 aromatic rings. The first-order chi connectivity index (χ1) is 9.16. The van der Waals surface area contributed by atoms with Crippen molar-refractivity contribution >= 4 is 5.91 Å². The number of benzene rings is 1. The van der Waals surface area contributed by atoms with Gasteiger partial charge in [0, 0.05) is 6.54 Å². The van der Waals surface area contributed by atoms with Crippen molar-refractivity contribution < 1.29 is 4.79 Å². The van der Waals surface area contributed by atoms with Crippen LogP contribution in [0.4, 0.5) is 0 Å². The summed E-state index contributed by atoms with van der Waals surface area (Å²) in [6.07, 6.45) is 1.60. The zero-order chi connectivity index (χ0) is 15.4. The average molecular weight is 276 g/mol. The van der Waals surface area contributed by atoms with Gasteiger partial charge in [-0.05, 0) is 29.9 Å². The van der Waals surface area contributed by atoms with Gasteiger partial charge in [0.15, 0.2) is 0 Å². The van der Waals surface area contributed by atoms with Gasteiger partial charge in [-0.25, -0.2) is 0 Å². The summed E-state index contributed by atoms with van der Waals surface area (Å²) in [6, 6.07) is 8.37. The summed E-state index contributed by atoms with van der Waals surface area (Å²) in [6.45, 7) is 10.9. The summed E-state index contributed by atoms with van der Waals surface area (Å²) in [5, 5.41) is 2.92. The molecule has 0 aliphatic carbocycles. The first-order valence-corrected chi connectivity index (χ1v) is 7.33. The monoisotopic (exact) mass is 276 g/mol. The highest BCUT2D eigenvalue weighted by Crippen LogP contribution is 2.22. The SMILES string of the molecule is CCCC(C)(N)C(=O)NCc1ccc(C(C)(C)C)cc1. The van der Waals surface area contributed by atoms with Gasteiger partial charge in [0.25, 0.3) is 0 Å². The zero-order valence-corrected chi connectivity index (χ0v) is 13.4. The quantitative estimate of drug-likeness (QED) is 0.868. The molecule has 1 atom stereocenters. The molecule has 1 rings (SSSR count). The fourth-order valence-corrected chi connectivity index (χ4v) is 2.14. The van der Waals surface area contributed by atoms with Crippen LogP contribution < -0.4 is 11.1 Å². The van der Waals surface area contributed by atoms with E-state index in [2.05, 4.69) is 50.4 Å². The number of amides is 1. The maximum Gasteiger partial charge on any atom is 0.240 e. The Bertz CT molecular complexity index is 441. The van der Waals surface area contributed by atoms with E-state index in [1.165, 1.54) is 5.56 Å². The summed E-state index contributed by atoms with van der Waals surface area (Å²) >= 11 is 0. The number of hydrogen-bond acceptors (Lipinski definition) is 2. The highest BCUT2D eigenvalue weighted by Gasteiger charge is 2.26. The van der Waals surface area contributed by atoms with Crippen molar-refractivity contribution in [3.05, 3.63) is 35.4 Å². The van der Waals surface area contributed by atoms with Crippen molar-refractivity contribution in [2.45, 2.75) is 65.0 Å². The fraction of sp³-hybridized carbons (Fsp3) is 0.588. The van der Waals surface area contributed by atoms with Gasteiger partial charge in [-0.3, -0.25) is 4.79 Å². The molecule has 1 unspecified atom stereocenters. The maximum atomic E-state index is 12.0. The van der Waals surface area contributed by atoms with Crippen molar-refractivity contribution in [3.8, 4) is 0 Å². The molecule has 0 fully saturated rings. The molecule has 0 bridgehead atoms. The smallest absolute Gasteiger partial charge is 0.240 e. The van der Waals surface area contributed by atoms with Gasteiger partial charge in [0.05, 0.1) is 5.54 Å². The third-order valence-corrected chi connectivity index (χ3v) is 3.56. The van der Waals surface area contributed by atoms with Gasteiger partial charge < -0.3 is 11.1 Å². The van der Waals surface area contributed by atoms with Crippen molar-refractivity contribution in [2.75, 3.05) is 0 Å². The molecule has 3 N–H and O–H groups in total. The molecule has 1 amide bonds. The fourth-order valence-electron chi connectivity index (χ4n) is 2.14. The lowest BCUT2D eigenvalue weighted by Crippen LogP contribution is -2.51. The van der Waals surface area contributed by atoms with Gasteiger partial charge in [-0.2, -0.15) is 0 Å². The largest absolute Gasteiger partial charge is 0.350 e. The third-order valence-electron chi connectivity index (χ3n) is 3.56. The summed E-state index contributed by atoms with van der Waals surface area (Å²) in [5.74, 6) is -0.0840. The molecule has 0 spiro atoms. The van der Waals surface area contributed by atoms with Crippen molar-refractivity contribution in [1.82, 2.24) is 5.32 Å². The Morgan fingerprint density at radius 2 is 1.70 bits per heavy atom. The van der Waals surface area contributed by atoms with Crippen molar-refractivity contribution in [2.24, 2.45) is 5.73 Å². The number of rotatable bonds is 5. The Labute approximate surface area is 122 Å². The molecule has 0 heterocycles. The minimum Gasteiger partial charge on any atom is -0.350 e. The summed E-state index contributed by atoms with van der Waals surface area (Å²) in [5.41, 5.74) is 7.77. The number of carbonyl (C=O) groups is 1. The molecule has 1 aromatic carbocycles. The lowest BCUT2D eigenvalue weighted by molar-refractivity contribution is -0.126. The van der Waals surface area contributed by atoms with E-state index in [1.807, 2.05) is 6.92 Å². The van der Waals surface area contributed by atoms with Gasteiger partial charge in [0.1, 0.15) is 0 Å². The van der Waals surface area contributed by atoms with E-state index in [0.717, 1.165) is 12.0 Å². The second kappa shape index (κ2) is 6.40.